The molecule has 0 aliphatic rings. The third-order valence-electron chi connectivity index (χ3n) is 6.16. The number of nitrogens with zero attached hydrogens (tertiary/aromatic N) is 2. The molecule has 0 saturated heterocycles. The summed E-state index contributed by atoms with van der Waals surface area (Å²) in [5, 5.41) is 4.57. The summed E-state index contributed by atoms with van der Waals surface area (Å²) in [7, 11) is 0. The molecular weight excluding hydrogens is 420 g/mol. The van der Waals surface area contributed by atoms with Crippen molar-refractivity contribution in [3.63, 3.8) is 0 Å². The lowest BCUT2D eigenvalue weighted by atomic mass is 10.1. The van der Waals surface area contributed by atoms with Crippen molar-refractivity contribution in [2.45, 2.75) is 13.2 Å². The fourth-order valence-corrected chi connectivity index (χ4v) is 4.52. The van der Waals surface area contributed by atoms with Crippen LogP contribution in [0.25, 0.3) is 32.6 Å². The summed E-state index contributed by atoms with van der Waals surface area (Å²) in [6.07, 6.45) is 0. The van der Waals surface area contributed by atoms with Gasteiger partial charge in [-0.25, -0.2) is 4.98 Å². The molecule has 0 unspecified atom stereocenters. The largest absolute Gasteiger partial charge is 0.491 e. The summed E-state index contributed by atoms with van der Waals surface area (Å²) in [4.78, 5) is 4.87. The Morgan fingerprint density at radius 3 is 1.91 bits per heavy atom. The Hall–Kier alpha value is -4.31. The third-order valence-corrected chi connectivity index (χ3v) is 6.16. The quantitative estimate of drug-likeness (QED) is 0.266. The highest BCUT2D eigenvalue weighted by molar-refractivity contribution is 5.89. The van der Waals surface area contributed by atoms with Crippen LogP contribution in [0, 0.1) is 0 Å². The van der Waals surface area contributed by atoms with Crippen LogP contribution >= 0.6 is 0 Å². The van der Waals surface area contributed by atoms with Gasteiger partial charge in [-0.2, -0.15) is 0 Å². The van der Waals surface area contributed by atoms with E-state index < -0.39 is 0 Å². The zero-order valence-electron chi connectivity index (χ0n) is 18.7. The van der Waals surface area contributed by atoms with Gasteiger partial charge in [-0.05, 0) is 35.0 Å². The van der Waals surface area contributed by atoms with Crippen molar-refractivity contribution in [2.24, 2.45) is 0 Å². The minimum atomic E-state index is 0.386. The van der Waals surface area contributed by atoms with Gasteiger partial charge in [0.2, 0.25) is 0 Å². The average Bonchev–Trinajstić information content (AvgIpc) is 3.25. The lowest BCUT2D eigenvalue weighted by molar-refractivity contribution is 0.275. The van der Waals surface area contributed by atoms with E-state index in [0.29, 0.717) is 19.8 Å². The number of benzene rings is 5. The molecule has 6 aromatic rings. The highest BCUT2D eigenvalue weighted by Crippen LogP contribution is 2.27. The maximum atomic E-state index is 6.27. The predicted molar refractivity (Wildman–Crippen MR) is 137 cm³/mol. The zero-order chi connectivity index (χ0) is 22.7. The Kier molecular flexibility index (Phi) is 5.32. The van der Waals surface area contributed by atoms with Gasteiger partial charge < -0.3 is 14.0 Å². The van der Waals surface area contributed by atoms with Crippen LogP contribution in [0.5, 0.6) is 11.5 Å². The van der Waals surface area contributed by atoms with Crippen LogP contribution in [0.3, 0.4) is 0 Å². The van der Waals surface area contributed by atoms with Crippen LogP contribution < -0.4 is 9.47 Å². The van der Waals surface area contributed by atoms with E-state index in [1.54, 1.807) is 0 Å². The van der Waals surface area contributed by atoms with E-state index in [9.17, 15) is 0 Å². The van der Waals surface area contributed by atoms with Crippen molar-refractivity contribution in [3.8, 4) is 11.5 Å². The third kappa shape index (κ3) is 3.84. The summed E-state index contributed by atoms with van der Waals surface area (Å²) in [5.74, 6) is 2.65. The Morgan fingerprint density at radius 1 is 0.588 bits per heavy atom. The smallest absolute Gasteiger partial charge is 0.148 e. The Morgan fingerprint density at radius 2 is 1.18 bits per heavy atom. The molecular formula is C30H24N2O2. The molecule has 0 aliphatic carbocycles. The maximum Gasteiger partial charge on any atom is 0.148 e. The lowest BCUT2D eigenvalue weighted by Gasteiger charge is -2.13. The second-order valence-corrected chi connectivity index (χ2v) is 8.26. The molecule has 166 valence electrons. The molecule has 0 N–H and O–H groups in total. The van der Waals surface area contributed by atoms with Gasteiger partial charge in [-0.1, -0.05) is 84.9 Å². The first-order valence-corrected chi connectivity index (χ1v) is 11.5. The summed E-state index contributed by atoms with van der Waals surface area (Å²) in [6.45, 7) is 1.60. The first-order valence-electron chi connectivity index (χ1n) is 11.5. The van der Waals surface area contributed by atoms with E-state index in [1.807, 2.05) is 66.7 Å². The predicted octanol–water partition coefficient (Wildman–Crippen LogP) is 7.00. The maximum absolute atomic E-state index is 6.27. The first kappa shape index (κ1) is 20.3. The van der Waals surface area contributed by atoms with Crippen molar-refractivity contribution in [3.05, 3.63) is 115 Å². The molecule has 34 heavy (non-hydrogen) atoms. The first-order chi connectivity index (χ1) is 16.9. The number of aromatic nitrogens is 2. The molecule has 0 spiro atoms. The molecule has 0 radical (unpaired) electrons. The van der Waals surface area contributed by atoms with Crippen LogP contribution in [-0.4, -0.2) is 16.2 Å². The molecule has 1 aromatic heterocycles. The van der Waals surface area contributed by atoms with Crippen LogP contribution in [0.4, 0.5) is 0 Å². The fourth-order valence-electron chi connectivity index (χ4n) is 4.52. The van der Waals surface area contributed by atoms with E-state index in [1.165, 1.54) is 5.39 Å². The Bertz CT molecular complexity index is 1590. The normalized spacial score (nSPS) is 11.3. The van der Waals surface area contributed by atoms with Gasteiger partial charge in [0.25, 0.3) is 0 Å². The fraction of sp³-hybridized carbons (Fsp3) is 0.100. The van der Waals surface area contributed by atoms with Crippen LogP contribution in [-0.2, 0) is 13.2 Å². The number of ether oxygens (including phenoxy) is 2. The molecule has 0 bridgehead atoms. The van der Waals surface area contributed by atoms with Crippen LogP contribution in [0.15, 0.2) is 109 Å². The summed E-state index contributed by atoms with van der Waals surface area (Å²) < 4.78 is 14.7. The number of rotatable bonds is 7. The molecule has 5 aromatic carbocycles. The van der Waals surface area contributed by atoms with Crippen molar-refractivity contribution in [1.29, 1.82) is 0 Å². The van der Waals surface area contributed by atoms with Gasteiger partial charge in [0.15, 0.2) is 0 Å². The lowest BCUT2D eigenvalue weighted by Crippen LogP contribution is -2.13. The number of fused-ring (bicyclic) bond motifs is 3. The second kappa shape index (κ2) is 8.91. The van der Waals surface area contributed by atoms with E-state index in [-0.39, 0.29) is 0 Å². The number of para-hydroxylation sites is 2. The van der Waals surface area contributed by atoms with Gasteiger partial charge in [-0.15, -0.1) is 0 Å². The number of imidazole rings is 1. The minimum absolute atomic E-state index is 0.386. The number of hydrogen-bond acceptors (Lipinski definition) is 3. The highest BCUT2D eigenvalue weighted by atomic mass is 16.5. The van der Waals surface area contributed by atoms with Gasteiger partial charge >= 0.3 is 0 Å². The van der Waals surface area contributed by atoms with Crippen LogP contribution in [0.2, 0.25) is 0 Å². The van der Waals surface area contributed by atoms with Gasteiger partial charge in [0, 0.05) is 10.8 Å². The van der Waals surface area contributed by atoms with Gasteiger partial charge in [0.1, 0.15) is 30.5 Å². The average molecular weight is 445 g/mol. The van der Waals surface area contributed by atoms with E-state index >= 15 is 0 Å². The van der Waals surface area contributed by atoms with Gasteiger partial charge in [0.05, 0.1) is 17.6 Å². The summed E-state index contributed by atoms with van der Waals surface area (Å²) >= 11 is 0. The highest BCUT2D eigenvalue weighted by Gasteiger charge is 2.12. The molecule has 6 rings (SSSR count). The molecule has 0 atom stereocenters. The number of hydrogen-bond donors (Lipinski definition) is 0. The summed E-state index contributed by atoms with van der Waals surface area (Å²) in [6, 6.07) is 37.1. The van der Waals surface area contributed by atoms with Gasteiger partial charge in [-0.3, -0.25) is 0 Å². The molecule has 0 aliphatic heterocycles. The zero-order valence-corrected chi connectivity index (χ0v) is 18.7. The Balaban J connectivity index is 1.25. The molecule has 0 fully saturated rings. The standard InChI is InChI=1S/C30H24N2O2/c1-3-13-24-22(9-1)11-7-17-28(24)33-20-19-32-27-16-6-5-15-26(27)31-30(32)21-34-29-18-8-12-23-10-2-4-14-25(23)29/h1-18H,19-21H2. The topological polar surface area (TPSA) is 36.3 Å². The van der Waals surface area contributed by atoms with Crippen molar-refractivity contribution < 1.29 is 9.47 Å². The Labute approximate surface area is 198 Å². The van der Waals surface area contributed by atoms with E-state index in [4.69, 9.17) is 14.5 Å². The van der Waals surface area contributed by atoms with Crippen LogP contribution in [0.1, 0.15) is 5.82 Å². The molecule has 0 saturated carbocycles. The minimum Gasteiger partial charge on any atom is -0.491 e. The van der Waals surface area contributed by atoms with E-state index in [2.05, 4.69) is 47.0 Å². The second-order valence-electron chi connectivity index (χ2n) is 8.26. The monoisotopic (exact) mass is 444 g/mol. The van der Waals surface area contributed by atoms with Crippen molar-refractivity contribution in [1.82, 2.24) is 9.55 Å². The molecule has 1 heterocycles. The molecule has 4 heteroatoms. The molecule has 4 nitrogen and oxygen atoms in total. The SMILES string of the molecule is c1ccc2c(OCCn3c(COc4cccc5ccccc45)nc4ccccc43)cccc2c1. The van der Waals surface area contributed by atoms with Crippen molar-refractivity contribution >= 4 is 32.6 Å². The molecule has 0 amide bonds. The van der Waals surface area contributed by atoms with E-state index in [0.717, 1.165) is 44.5 Å². The summed E-state index contributed by atoms with van der Waals surface area (Å²) in [5.41, 5.74) is 2.05. The van der Waals surface area contributed by atoms with Crippen molar-refractivity contribution in [2.75, 3.05) is 6.61 Å².